The zero-order valence-corrected chi connectivity index (χ0v) is 23.5. The van der Waals surface area contributed by atoms with E-state index in [0.29, 0.717) is 17.5 Å². The normalized spacial score (nSPS) is 14.3. The number of fused-ring (bicyclic) bond motifs is 1. The number of piperidine rings is 1. The van der Waals surface area contributed by atoms with E-state index in [4.69, 9.17) is 9.82 Å². The van der Waals surface area contributed by atoms with Crippen molar-refractivity contribution in [3.63, 3.8) is 0 Å². The lowest BCUT2D eigenvalue weighted by atomic mass is 9.89. The van der Waals surface area contributed by atoms with Crippen LogP contribution in [-0.4, -0.2) is 63.3 Å². The molecule has 3 heterocycles. The number of nitrogens with one attached hydrogen (secondary N) is 2. The van der Waals surface area contributed by atoms with Crippen LogP contribution >= 0.6 is 0 Å². The molecule has 0 atom stereocenters. The van der Waals surface area contributed by atoms with Crippen molar-refractivity contribution < 1.29 is 14.7 Å². The molecule has 1 fully saturated rings. The Kier molecular flexibility index (Phi) is 9.03. The monoisotopic (exact) mass is 556 g/mol. The van der Waals surface area contributed by atoms with Crippen molar-refractivity contribution in [1.82, 2.24) is 24.9 Å². The molecule has 4 aromatic rings. The maximum Gasteiger partial charge on any atom is 0.280 e. The van der Waals surface area contributed by atoms with Crippen LogP contribution in [0.1, 0.15) is 54.1 Å². The Morgan fingerprint density at radius 3 is 2.46 bits per heavy atom. The number of benzene rings is 2. The van der Waals surface area contributed by atoms with Crippen LogP contribution in [0.2, 0.25) is 0 Å². The number of hydroxylamine groups is 1. The van der Waals surface area contributed by atoms with Gasteiger partial charge in [0.2, 0.25) is 11.4 Å². The molecule has 1 aliphatic rings. The molecule has 10 heteroatoms. The number of pyridine rings is 1. The second kappa shape index (κ2) is 13.0. The number of hydrogen-bond donors (Lipinski definition) is 3. The Morgan fingerprint density at radius 2 is 1.80 bits per heavy atom. The topological polar surface area (TPSA) is 122 Å². The Balaban J connectivity index is 1.44. The highest BCUT2D eigenvalue weighted by atomic mass is 16.6. The van der Waals surface area contributed by atoms with Crippen LogP contribution in [0.5, 0.6) is 0 Å². The van der Waals surface area contributed by atoms with Crippen molar-refractivity contribution in [1.29, 1.82) is 0 Å². The molecule has 0 aliphatic carbocycles. The summed E-state index contributed by atoms with van der Waals surface area (Å²) in [5.41, 5.74) is 6.22. The van der Waals surface area contributed by atoms with Gasteiger partial charge >= 0.3 is 0 Å². The Bertz CT molecular complexity index is 1540. The van der Waals surface area contributed by atoms with Crippen LogP contribution in [0.25, 0.3) is 16.7 Å². The third kappa shape index (κ3) is 6.45. The largest absolute Gasteiger partial charge is 0.395 e. The molecule has 2 aromatic carbocycles. The predicted octanol–water partition coefficient (Wildman–Crippen LogP) is 3.94. The Labute approximate surface area is 239 Å². The summed E-state index contributed by atoms with van der Waals surface area (Å²) in [5, 5.41) is 12.7. The molecular formula is C31H36N6O4. The fourth-order valence-electron chi connectivity index (χ4n) is 5.21. The number of aryl methyl sites for hydroxylation is 1. The second-order valence-electron chi connectivity index (χ2n) is 10.1. The second-order valence-corrected chi connectivity index (χ2v) is 10.1. The molecule has 0 unspecified atom stereocenters. The number of nitrogens with zero attached hydrogens (tertiary/aromatic N) is 4. The highest BCUT2D eigenvalue weighted by Crippen LogP contribution is 2.29. The number of aliphatic hydroxyl groups is 1. The first-order valence-corrected chi connectivity index (χ1v) is 14.1. The van der Waals surface area contributed by atoms with Gasteiger partial charge in [0.05, 0.1) is 18.6 Å². The van der Waals surface area contributed by atoms with Gasteiger partial charge in [-0.05, 0) is 80.6 Å². The van der Waals surface area contributed by atoms with Gasteiger partial charge in [0, 0.05) is 30.3 Å². The van der Waals surface area contributed by atoms with Crippen LogP contribution in [-0.2, 0) is 11.3 Å². The Morgan fingerprint density at radius 1 is 1.07 bits per heavy atom. The maximum absolute atomic E-state index is 13.3. The van der Waals surface area contributed by atoms with Gasteiger partial charge in [-0.2, -0.15) is 4.98 Å². The van der Waals surface area contributed by atoms with E-state index in [1.807, 2.05) is 36.4 Å². The molecular weight excluding hydrogens is 520 g/mol. The maximum atomic E-state index is 13.3. The van der Waals surface area contributed by atoms with E-state index in [9.17, 15) is 14.7 Å². The van der Waals surface area contributed by atoms with Crippen molar-refractivity contribution in [2.24, 2.45) is 0 Å². The quantitative estimate of drug-likeness (QED) is 0.251. The standard InChI is InChI=1S/C31H36N6O4/c1-3-21-5-11-25(12-6-21)37-20-27(30(40)35-41-4-2)28(39)26-19-32-31(34-29(26)37)33-24-9-7-22(8-10-24)23-13-15-36(16-14-23)17-18-38/h5-12,19-20,23,38H,3-4,13-18H2,1-2H3,(H,35,40)(H,32,33,34). The lowest BCUT2D eigenvalue weighted by Crippen LogP contribution is -2.34. The number of aliphatic hydroxyl groups excluding tert-OH is 1. The van der Waals surface area contributed by atoms with Crippen molar-refractivity contribution in [2.75, 3.05) is 38.2 Å². The van der Waals surface area contributed by atoms with Crippen molar-refractivity contribution in [2.45, 2.75) is 39.0 Å². The lowest BCUT2D eigenvalue weighted by Gasteiger charge is -2.31. The summed E-state index contributed by atoms with van der Waals surface area (Å²) < 4.78 is 1.73. The number of rotatable bonds is 10. The summed E-state index contributed by atoms with van der Waals surface area (Å²) in [7, 11) is 0. The number of β-amino-alcohol motifs (C(OH)–C–C–N with tert-alkyl or cyclic N) is 1. The number of carbonyl (C=O) groups is 1. The summed E-state index contributed by atoms with van der Waals surface area (Å²) in [6, 6.07) is 16.2. The predicted molar refractivity (Wildman–Crippen MR) is 159 cm³/mol. The van der Waals surface area contributed by atoms with Gasteiger partial charge in [-0.15, -0.1) is 0 Å². The highest BCUT2D eigenvalue weighted by molar-refractivity contribution is 5.96. The first-order valence-electron chi connectivity index (χ1n) is 14.1. The minimum atomic E-state index is -0.626. The molecule has 10 nitrogen and oxygen atoms in total. The molecule has 214 valence electrons. The van der Waals surface area contributed by atoms with Gasteiger partial charge in [-0.25, -0.2) is 10.5 Å². The van der Waals surface area contributed by atoms with Gasteiger partial charge in [0.1, 0.15) is 5.56 Å². The van der Waals surface area contributed by atoms with Gasteiger partial charge < -0.3 is 19.9 Å². The van der Waals surface area contributed by atoms with Gasteiger partial charge in [0.25, 0.3) is 5.91 Å². The molecule has 0 spiro atoms. The van der Waals surface area contributed by atoms with Crippen LogP contribution in [0.4, 0.5) is 11.6 Å². The molecule has 0 bridgehead atoms. The average Bonchev–Trinajstić information content (AvgIpc) is 3.01. The van der Waals surface area contributed by atoms with Crippen LogP contribution in [0, 0.1) is 0 Å². The smallest absolute Gasteiger partial charge is 0.280 e. The molecule has 2 aromatic heterocycles. The number of amides is 1. The third-order valence-corrected chi connectivity index (χ3v) is 7.56. The number of aromatic nitrogens is 3. The SMILES string of the molecule is CCONC(=O)c1cn(-c2ccc(CC)cc2)c2nc(Nc3ccc(C4CCN(CCO)CC4)cc3)ncc2c1=O. The fraction of sp³-hybridized carbons (Fsp3) is 0.355. The number of hydrogen-bond acceptors (Lipinski definition) is 8. The number of anilines is 2. The molecule has 0 radical (unpaired) electrons. The molecule has 41 heavy (non-hydrogen) atoms. The van der Waals surface area contributed by atoms with Crippen LogP contribution < -0.4 is 16.2 Å². The van der Waals surface area contributed by atoms with Crippen LogP contribution in [0.15, 0.2) is 65.7 Å². The molecule has 1 amide bonds. The Hall–Kier alpha value is -4.12. The first kappa shape index (κ1) is 28.4. The minimum absolute atomic E-state index is 0.0624. The third-order valence-electron chi connectivity index (χ3n) is 7.56. The summed E-state index contributed by atoms with van der Waals surface area (Å²) in [4.78, 5) is 42.5. The summed E-state index contributed by atoms with van der Waals surface area (Å²) in [5.74, 6) is 0.213. The van der Waals surface area contributed by atoms with E-state index >= 15 is 0 Å². The summed E-state index contributed by atoms with van der Waals surface area (Å²) in [6.45, 7) is 7.03. The summed E-state index contributed by atoms with van der Waals surface area (Å²) >= 11 is 0. The first-order chi connectivity index (χ1) is 20.0. The molecule has 1 saturated heterocycles. The molecule has 1 aliphatic heterocycles. The van der Waals surface area contributed by atoms with Crippen molar-refractivity contribution >= 4 is 28.6 Å². The van der Waals surface area contributed by atoms with E-state index < -0.39 is 11.3 Å². The number of likely N-dealkylation sites (tertiary alicyclic amines) is 1. The average molecular weight is 557 g/mol. The summed E-state index contributed by atoms with van der Waals surface area (Å²) in [6.07, 6.45) is 5.99. The zero-order valence-electron chi connectivity index (χ0n) is 23.5. The van der Waals surface area contributed by atoms with E-state index in [1.165, 1.54) is 23.5 Å². The minimum Gasteiger partial charge on any atom is -0.395 e. The van der Waals surface area contributed by atoms with Crippen molar-refractivity contribution in [3.8, 4) is 5.69 Å². The lowest BCUT2D eigenvalue weighted by molar-refractivity contribution is 0.0363. The van der Waals surface area contributed by atoms with E-state index in [1.54, 1.807) is 11.5 Å². The zero-order chi connectivity index (χ0) is 28.8. The van der Waals surface area contributed by atoms with Gasteiger partial charge in [-0.1, -0.05) is 31.2 Å². The molecule has 5 rings (SSSR count). The number of carbonyl (C=O) groups excluding carboxylic acids is 1. The molecule has 3 N–H and O–H groups in total. The highest BCUT2D eigenvalue weighted by Gasteiger charge is 2.21. The molecule has 0 saturated carbocycles. The van der Waals surface area contributed by atoms with Crippen LogP contribution in [0.3, 0.4) is 0 Å². The van der Waals surface area contributed by atoms with Crippen molar-refractivity contribution in [3.05, 3.63) is 87.8 Å². The van der Waals surface area contributed by atoms with Gasteiger partial charge in [0.15, 0.2) is 5.65 Å². The fourth-order valence-corrected chi connectivity index (χ4v) is 5.21. The van der Waals surface area contributed by atoms with E-state index in [2.05, 4.69) is 39.7 Å². The van der Waals surface area contributed by atoms with E-state index in [0.717, 1.165) is 50.3 Å². The van der Waals surface area contributed by atoms with Gasteiger partial charge in [-0.3, -0.25) is 14.4 Å². The van der Waals surface area contributed by atoms with E-state index in [-0.39, 0.29) is 24.2 Å².